The predicted octanol–water partition coefficient (Wildman–Crippen LogP) is 2.89. The molecule has 1 aromatic carbocycles. The van der Waals surface area contributed by atoms with Gasteiger partial charge >= 0.3 is 0 Å². The number of halogens is 1. The number of amides is 1. The third-order valence-corrected chi connectivity index (χ3v) is 6.19. The first-order valence-corrected chi connectivity index (χ1v) is 11.7. The maximum absolute atomic E-state index is 12.4. The first-order valence-electron chi connectivity index (χ1n) is 11.7. The highest BCUT2D eigenvalue weighted by molar-refractivity contribution is 14.0. The number of carbonyl (C=O) groups excluding carboxylic acids is 1. The number of hydrogen-bond donors (Lipinski definition) is 1. The van der Waals surface area contributed by atoms with Gasteiger partial charge in [0.15, 0.2) is 5.96 Å². The molecule has 2 aliphatic rings. The van der Waals surface area contributed by atoms with E-state index in [1.807, 2.05) is 14.1 Å². The van der Waals surface area contributed by atoms with E-state index in [4.69, 9.17) is 9.73 Å². The third kappa shape index (κ3) is 7.05. The fraction of sp³-hybridized carbons (Fsp3) is 0.667. The van der Waals surface area contributed by atoms with Gasteiger partial charge in [0.25, 0.3) is 0 Å². The molecule has 2 heterocycles. The van der Waals surface area contributed by atoms with E-state index in [-0.39, 0.29) is 42.0 Å². The molecule has 1 amide bonds. The first kappa shape index (κ1) is 26.9. The van der Waals surface area contributed by atoms with Crippen LogP contribution in [0.1, 0.15) is 43.4 Å². The monoisotopic (exact) mass is 557 g/mol. The molecule has 2 unspecified atom stereocenters. The van der Waals surface area contributed by atoms with E-state index in [1.165, 1.54) is 11.1 Å². The number of rotatable bonds is 7. The molecule has 0 bridgehead atoms. The van der Waals surface area contributed by atoms with Gasteiger partial charge in [-0.25, -0.2) is 0 Å². The highest BCUT2D eigenvalue weighted by Crippen LogP contribution is 2.25. The smallest absolute Gasteiger partial charge is 0.239 e. The Morgan fingerprint density at radius 1 is 1.28 bits per heavy atom. The van der Waals surface area contributed by atoms with Crippen LogP contribution in [-0.2, 0) is 9.53 Å². The number of carbonyl (C=O) groups is 1. The van der Waals surface area contributed by atoms with Crippen LogP contribution >= 0.6 is 24.0 Å². The number of benzene rings is 1. The topological polar surface area (TPSA) is 60.4 Å². The second-order valence-electron chi connectivity index (χ2n) is 8.68. The summed E-state index contributed by atoms with van der Waals surface area (Å²) in [5.74, 6) is 1.19. The van der Waals surface area contributed by atoms with Crippen LogP contribution in [-0.4, -0.2) is 92.6 Å². The Bertz CT molecular complexity index is 758. The van der Waals surface area contributed by atoms with Gasteiger partial charge in [0.1, 0.15) is 6.10 Å². The zero-order chi connectivity index (χ0) is 22.2. The molecular formula is C24H40IN5O2. The Morgan fingerprint density at radius 2 is 2.06 bits per heavy atom. The van der Waals surface area contributed by atoms with Crippen molar-refractivity contribution >= 4 is 35.8 Å². The van der Waals surface area contributed by atoms with Crippen molar-refractivity contribution < 1.29 is 9.53 Å². The number of nitrogens with zero attached hydrogens (tertiary/aromatic N) is 4. The van der Waals surface area contributed by atoms with Crippen LogP contribution in [0, 0.1) is 6.92 Å². The number of likely N-dealkylation sites (N-methyl/N-ethyl adjacent to an activating group) is 1. The standard InChI is InChI=1S/C24H39N5O2.HI/c1-5-25-24(26-13-9-15-28-14-8-12-21(28)23(30)27(3)4)29-16-17-31-22(18-29)20-11-7-6-10-19(20)2;/h6-7,10-11,21-22H,5,8-9,12-18H2,1-4H3,(H,25,26);1H. The summed E-state index contributed by atoms with van der Waals surface area (Å²) in [6.07, 6.45) is 3.10. The van der Waals surface area contributed by atoms with Crippen LogP contribution < -0.4 is 5.32 Å². The molecule has 0 saturated carbocycles. The number of ether oxygens (including phenoxy) is 1. The predicted molar refractivity (Wildman–Crippen MR) is 141 cm³/mol. The van der Waals surface area contributed by atoms with Gasteiger partial charge in [-0.3, -0.25) is 14.7 Å². The summed E-state index contributed by atoms with van der Waals surface area (Å²) >= 11 is 0. The van der Waals surface area contributed by atoms with Crippen molar-refractivity contribution in [2.45, 2.75) is 45.3 Å². The minimum absolute atomic E-state index is 0. The summed E-state index contributed by atoms with van der Waals surface area (Å²) in [5.41, 5.74) is 2.53. The van der Waals surface area contributed by atoms with Crippen LogP contribution in [0.5, 0.6) is 0 Å². The number of nitrogens with one attached hydrogen (secondary N) is 1. The van der Waals surface area contributed by atoms with E-state index >= 15 is 0 Å². The van der Waals surface area contributed by atoms with Crippen molar-refractivity contribution in [2.75, 3.05) is 60.0 Å². The maximum Gasteiger partial charge on any atom is 0.239 e. The summed E-state index contributed by atoms with van der Waals surface area (Å²) in [5, 5.41) is 3.46. The Balaban J connectivity index is 0.00000363. The minimum atomic E-state index is 0. The molecule has 1 aromatic rings. The summed E-state index contributed by atoms with van der Waals surface area (Å²) in [6, 6.07) is 8.50. The second kappa shape index (κ2) is 13.3. The van der Waals surface area contributed by atoms with Crippen molar-refractivity contribution in [3.05, 3.63) is 35.4 Å². The second-order valence-corrected chi connectivity index (χ2v) is 8.68. The zero-order valence-corrected chi connectivity index (χ0v) is 22.4. The van der Waals surface area contributed by atoms with Gasteiger partial charge in [0.05, 0.1) is 19.2 Å². The van der Waals surface area contributed by atoms with Crippen molar-refractivity contribution in [1.29, 1.82) is 0 Å². The van der Waals surface area contributed by atoms with Crippen molar-refractivity contribution in [3.63, 3.8) is 0 Å². The lowest BCUT2D eigenvalue weighted by molar-refractivity contribution is -0.133. The molecule has 0 aromatic heterocycles. The quantitative estimate of drug-likeness (QED) is 0.242. The number of hydrogen-bond acceptors (Lipinski definition) is 4. The van der Waals surface area contributed by atoms with E-state index in [1.54, 1.807) is 4.90 Å². The van der Waals surface area contributed by atoms with E-state index < -0.39 is 0 Å². The van der Waals surface area contributed by atoms with Gasteiger partial charge in [0.2, 0.25) is 5.91 Å². The zero-order valence-electron chi connectivity index (χ0n) is 20.0. The molecule has 2 saturated heterocycles. The fourth-order valence-electron chi connectivity index (χ4n) is 4.53. The Kier molecular flexibility index (Phi) is 11.2. The third-order valence-electron chi connectivity index (χ3n) is 6.19. The molecular weight excluding hydrogens is 517 g/mol. The Morgan fingerprint density at radius 3 is 2.78 bits per heavy atom. The van der Waals surface area contributed by atoms with Crippen LogP contribution in [0.4, 0.5) is 0 Å². The molecule has 3 rings (SSSR count). The van der Waals surface area contributed by atoms with Crippen LogP contribution in [0.2, 0.25) is 0 Å². The first-order chi connectivity index (χ1) is 15.0. The van der Waals surface area contributed by atoms with Gasteiger partial charge in [-0.05, 0) is 50.8 Å². The normalized spacial score (nSPS) is 21.9. The lowest BCUT2D eigenvalue weighted by atomic mass is 10.0. The molecule has 0 radical (unpaired) electrons. The fourth-order valence-corrected chi connectivity index (χ4v) is 4.53. The minimum Gasteiger partial charge on any atom is -0.370 e. The van der Waals surface area contributed by atoms with Gasteiger partial charge in [-0.15, -0.1) is 24.0 Å². The van der Waals surface area contributed by atoms with Gasteiger partial charge in [0, 0.05) is 40.3 Å². The van der Waals surface area contributed by atoms with Gasteiger partial charge < -0.3 is 19.9 Å². The maximum atomic E-state index is 12.4. The summed E-state index contributed by atoms with van der Waals surface area (Å²) < 4.78 is 6.08. The Hall–Kier alpha value is -1.39. The van der Waals surface area contributed by atoms with Crippen LogP contribution in [0.25, 0.3) is 0 Å². The number of guanidine groups is 1. The molecule has 32 heavy (non-hydrogen) atoms. The summed E-state index contributed by atoms with van der Waals surface area (Å²) in [7, 11) is 3.69. The molecule has 1 N–H and O–H groups in total. The lowest BCUT2D eigenvalue weighted by Gasteiger charge is -2.36. The van der Waals surface area contributed by atoms with E-state index in [0.29, 0.717) is 6.61 Å². The highest BCUT2D eigenvalue weighted by Gasteiger charge is 2.31. The number of aliphatic imine (C=N–C) groups is 1. The molecule has 180 valence electrons. The van der Waals surface area contributed by atoms with E-state index in [9.17, 15) is 4.79 Å². The SMILES string of the molecule is CCNC(=NCCCN1CCCC1C(=O)N(C)C)N1CCOC(c2ccccc2C)C1.I. The lowest BCUT2D eigenvalue weighted by Crippen LogP contribution is -2.48. The average Bonchev–Trinajstić information content (AvgIpc) is 3.24. The molecule has 8 heteroatoms. The summed E-state index contributed by atoms with van der Waals surface area (Å²) in [6.45, 7) is 10.1. The largest absolute Gasteiger partial charge is 0.370 e. The number of morpholine rings is 1. The van der Waals surface area contributed by atoms with Gasteiger partial charge in [-0.2, -0.15) is 0 Å². The molecule has 2 fully saturated rings. The van der Waals surface area contributed by atoms with E-state index in [0.717, 1.165) is 64.5 Å². The van der Waals surface area contributed by atoms with E-state index in [2.05, 4.69) is 53.2 Å². The molecule has 0 aliphatic carbocycles. The summed E-state index contributed by atoms with van der Waals surface area (Å²) in [4.78, 5) is 23.7. The molecule has 7 nitrogen and oxygen atoms in total. The average molecular weight is 558 g/mol. The molecule has 2 atom stereocenters. The number of likely N-dealkylation sites (tertiary alicyclic amines) is 1. The number of aryl methyl sites for hydroxylation is 1. The van der Waals surface area contributed by atoms with Crippen molar-refractivity contribution in [2.24, 2.45) is 4.99 Å². The van der Waals surface area contributed by atoms with Crippen LogP contribution in [0.3, 0.4) is 0 Å². The van der Waals surface area contributed by atoms with Crippen LogP contribution in [0.15, 0.2) is 29.3 Å². The molecule has 0 spiro atoms. The van der Waals surface area contributed by atoms with Crippen molar-refractivity contribution in [1.82, 2.24) is 20.0 Å². The Labute approximate surface area is 210 Å². The molecule has 2 aliphatic heterocycles. The highest BCUT2D eigenvalue weighted by atomic mass is 127. The van der Waals surface area contributed by atoms with Gasteiger partial charge in [-0.1, -0.05) is 24.3 Å². The van der Waals surface area contributed by atoms with Crippen molar-refractivity contribution in [3.8, 4) is 0 Å².